The zero-order valence-corrected chi connectivity index (χ0v) is 20.5. The summed E-state index contributed by atoms with van der Waals surface area (Å²) in [5.74, 6) is 0.252. The molecule has 2 aliphatic rings. The molecular formula is C28H33NO3S. The van der Waals surface area contributed by atoms with E-state index in [1.165, 1.54) is 6.42 Å². The number of aliphatic hydroxyl groups is 1. The van der Waals surface area contributed by atoms with Crippen molar-refractivity contribution >= 4 is 20.8 Å². The van der Waals surface area contributed by atoms with E-state index in [0.717, 1.165) is 58.7 Å². The first-order valence-corrected chi connectivity index (χ1v) is 13.5. The van der Waals surface area contributed by atoms with E-state index in [9.17, 15) is 13.5 Å². The lowest BCUT2D eigenvalue weighted by atomic mass is 9.77. The van der Waals surface area contributed by atoms with Crippen molar-refractivity contribution in [3.05, 3.63) is 76.9 Å². The highest BCUT2D eigenvalue weighted by Crippen LogP contribution is 2.51. The van der Waals surface area contributed by atoms with Crippen LogP contribution in [0.25, 0.3) is 10.8 Å². The molecule has 0 saturated heterocycles. The van der Waals surface area contributed by atoms with Crippen molar-refractivity contribution in [3.63, 3.8) is 0 Å². The number of rotatable bonds is 4. The fourth-order valence-electron chi connectivity index (χ4n) is 5.96. The summed E-state index contributed by atoms with van der Waals surface area (Å²) in [5.41, 5.74) is 2.90. The second-order valence-corrected chi connectivity index (χ2v) is 12.2. The number of nitrogens with zero attached hydrogens (tertiary/aromatic N) is 1. The van der Waals surface area contributed by atoms with Crippen LogP contribution in [0.3, 0.4) is 0 Å². The van der Waals surface area contributed by atoms with E-state index >= 15 is 0 Å². The number of hydrogen-bond acceptors (Lipinski definition) is 3. The molecule has 0 aromatic heterocycles. The minimum atomic E-state index is -3.69. The van der Waals surface area contributed by atoms with E-state index in [1.807, 2.05) is 45.0 Å². The third-order valence-corrected chi connectivity index (χ3v) is 9.28. The molecule has 1 saturated carbocycles. The topological polar surface area (TPSA) is 57.6 Å². The average Bonchev–Trinajstić information content (AvgIpc) is 3.17. The smallest absolute Gasteiger partial charge is 0.243 e. The molecule has 5 rings (SSSR count). The van der Waals surface area contributed by atoms with Crippen LogP contribution in [0.2, 0.25) is 0 Å². The Morgan fingerprint density at radius 1 is 0.970 bits per heavy atom. The molecule has 1 aliphatic heterocycles. The molecule has 174 valence electrons. The molecule has 5 heteroatoms. The zero-order chi connectivity index (χ0) is 23.4. The number of aryl methyl sites for hydroxylation is 1. The summed E-state index contributed by atoms with van der Waals surface area (Å²) in [7, 11) is -3.69. The van der Waals surface area contributed by atoms with E-state index in [4.69, 9.17) is 0 Å². The highest BCUT2D eigenvalue weighted by molar-refractivity contribution is 7.89. The summed E-state index contributed by atoms with van der Waals surface area (Å²) in [4.78, 5) is 0.344. The summed E-state index contributed by atoms with van der Waals surface area (Å²) < 4.78 is 29.7. The molecule has 0 unspecified atom stereocenters. The van der Waals surface area contributed by atoms with Crippen LogP contribution in [0, 0.1) is 12.8 Å². The molecule has 33 heavy (non-hydrogen) atoms. The lowest BCUT2D eigenvalue weighted by molar-refractivity contribution is 0.0772. The van der Waals surface area contributed by atoms with Crippen LogP contribution in [0.1, 0.15) is 74.2 Å². The molecule has 4 nitrogen and oxygen atoms in total. The normalized spacial score (nSPS) is 20.3. The van der Waals surface area contributed by atoms with Crippen LogP contribution < -0.4 is 0 Å². The van der Waals surface area contributed by atoms with Crippen LogP contribution in [0.5, 0.6) is 0 Å². The van der Waals surface area contributed by atoms with Crippen molar-refractivity contribution in [2.45, 2.75) is 76.0 Å². The van der Waals surface area contributed by atoms with Gasteiger partial charge in [0.25, 0.3) is 0 Å². The number of hydrogen-bond donors (Lipinski definition) is 1. The Kier molecular flexibility index (Phi) is 5.63. The molecule has 1 atom stereocenters. The lowest BCUT2D eigenvalue weighted by Crippen LogP contribution is -2.35. The molecule has 0 bridgehead atoms. The van der Waals surface area contributed by atoms with Gasteiger partial charge in [-0.1, -0.05) is 61.2 Å². The maximum Gasteiger partial charge on any atom is 0.243 e. The molecular weight excluding hydrogens is 430 g/mol. The van der Waals surface area contributed by atoms with Gasteiger partial charge in [0.2, 0.25) is 10.0 Å². The Hall–Kier alpha value is -2.21. The van der Waals surface area contributed by atoms with Crippen molar-refractivity contribution in [3.8, 4) is 0 Å². The quantitative estimate of drug-likeness (QED) is 0.501. The van der Waals surface area contributed by atoms with E-state index < -0.39 is 15.6 Å². The summed E-state index contributed by atoms with van der Waals surface area (Å²) in [5, 5.41) is 13.4. The van der Waals surface area contributed by atoms with E-state index in [0.29, 0.717) is 11.4 Å². The first-order valence-electron chi connectivity index (χ1n) is 12.0. The second-order valence-electron chi connectivity index (χ2n) is 10.3. The zero-order valence-electron chi connectivity index (χ0n) is 19.7. The monoisotopic (exact) mass is 463 g/mol. The van der Waals surface area contributed by atoms with Gasteiger partial charge in [-0.05, 0) is 85.2 Å². The predicted molar refractivity (Wildman–Crippen MR) is 132 cm³/mol. The Morgan fingerprint density at radius 2 is 1.64 bits per heavy atom. The first-order chi connectivity index (χ1) is 15.7. The molecule has 0 radical (unpaired) electrons. The Labute approximate surface area is 197 Å². The maximum atomic E-state index is 14.0. The molecule has 3 aromatic carbocycles. The van der Waals surface area contributed by atoms with Crippen molar-refractivity contribution < 1.29 is 13.5 Å². The van der Waals surface area contributed by atoms with Gasteiger partial charge < -0.3 is 5.11 Å². The van der Waals surface area contributed by atoms with Gasteiger partial charge in [-0.15, -0.1) is 0 Å². The summed E-state index contributed by atoms with van der Waals surface area (Å²) in [6, 6.07) is 17.2. The van der Waals surface area contributed by atoms with Gasteiger partial charge in [0.1, 0.15) is 0 Å². The molecule has 1 aliphatic carbocycles. The van der Waals surface area contributed by atoms with Gasteiger partial charge in [0.15, 0.2) is 0 Å². The van der Waals surface area contributed by atoms with E-state index in [2.05, 4.69) is 18.2 Å². The van der Waals surface area contributed by atoms with Crippen molar-refractivity contribution in [1.29, 1.82) is 0 Å². The second kappa shape index (κ2) is 8.23. The molecule has 1 fully saturated rings. The summed E-state index contributed by atoms with van der Waals surface area (Å²) >= 11 is 0. The maximum absolute atomic E-state index is 14.0. The van der Waals surface area contributed by atoms with E-state index in [-0.39, 0.29) is 12.0 Å². The minimum absolute atomic E-state index is 0.252. The first kappa shape index (κ1) is 22.6. The van der Waals surface area contributed by atoms with Crippen LogP contribution in [0.4, 0.5) is 0 Å². The highest BCUT2D eigenvalue weighted by Gasteiger charge is 2.46. The van der Waals surface area contributed by atoms with Gasteiger partial charge in [0, 0.05) is 6.54 Å². The Bertz CT molecular complexity index is 1280. The van der Waals surface area contributed by atoms with Gasteiger partial charge in [0.05, 0.1) is 16.5 Å². The van der Waals surface area contributed by atoms with Gasteiger partial charge >= 0.3 is 0 Å². The molecule has 0 amide bonds. The van der Waals surface area contributed by atoms with Crippen LogP contribution in [-0.2, 0) is 22.2 Å². The number of sulfonamides is 1. The largest absolute Gasteiger partial charge is 0.386 e. The number of benzene rings is 3. The highest BCUT2D eigenvalue weighted by atomic mass is 32.2. The van der Waals surface area contributed by atoms with Crippen LogP contribution in [0.15, 0.2) is 59.5 Å². The average molecular weight is 464 g/mol. The molecule has 1 N–H and O–H groups in total. The Balaban J connectivity index is 1.74. The molecule has 1 heterocycles. The van der Waals surface area contributed by atoms with Crippen molar-refractivity contribution in [2.24, 2.45) is 5.92 Å². The van der Waals surface area contributed by atoms with Gasteiger partial charge in [-0.25, -0.2) is 8.42 Å². The molecule has 0 spiro atoms. The van der Waals surface area contributed by atoms with Crippen molar-refractivity contribution in [1.82, 2.24) is 4.31 Å². The minimum Gasteiger partial charge on any atom is -0.386 e. The van der Waals surface area contributed by atoms with Gasteiger partial charge in [-0.3, -0.25) is 0 Å². The summed E-state index contributed by atoms with van der Waals surface area (Å²) in [6.45, 7) is 5.96. The third-order valence-electron chi connectivity index (χ3n) is 7.44. The Morgan fingerprint density at radius 3 is 2.30 bits per heavy atom. The fourth-order valence-corrected chi connectivity index (χ4v) is 7.60. The predicted octanol–water partition coefficient (Wildman–Crippen LogP) is 6.20. The van der Waals surface area contributed by atoms with E-state index in [1.54, 1.807) is 16.4 Å². The van der Waals surface area contributed by atoms with Crippen LogP contribution in [-0.4, -0.2) is 17.8 Å². The number of fused-ring (bicyclic) bond motifs is 2. The lowest BCUT2D eigenvalue weighted by Gasteiger charge is -2.36. The van der Waals surface area contributed by atoms with Gasteiger partial charge in [-0.2, -0.15) is 4.31 Å². The third kappa shape index (κ3) is 3.90. The molecule has 3 aromatic rings. The standard InChI is InChI=1S/C28H33NO3S/c1-19-13-15-23(16-14-19)33(31,32)29-18-22-17-21-11-7-8-12-24(21)26(28(2,3)30)25(22)27(29)20-9-5-4-6-10-20/h7-8,11-17,20,27,30H,4-6,9-10,18H2,1-3H3/t27-/m1/s1. The van der Waals surface area contributed by atoms with Crippen molar-refractivity contribution in [2.75, 3.05) is 0 Å². The fraction of sp³-hybridized carbons (Fsp3) is 0.429. The summed E-state index contributed by atoms with van der Waals surface area (Å²) in [6.07, 6.45) is 5.49. The SMILES string of the molecule is Cc1ccc(S(=O)(=O)N2Cc3cc4ccccc4c(C(C)(C)O)c3[C@H]2C2CCCCC2)cc1. The van der Waals surface area contributed by atoms with Crippen LogP contribution >= 0.6 is 0 Å².